The number of imide groups is 2. The van der Waals surface area contributed by atoms with Crippen LogP contribution in [0.1, 0.15) is 43.9 Å². The van der Waals surface area contributed by atoms with Gasteiger partial charge in [-0.3, -0.25) is 19.2 Å². The minimum Gasteiger partial charge on any atom is -0.325 e. The average Bonchev–Trinajstić information content (AvgIpc) is 3.01. The second kappa shape index (κ2) is 5.57. The number of carbonyl (C=O) groups excluding carboxylic acids is 6. The van der Waals surface area contributed by atoms with Crippen LogP contribution in [0.5, 0.6) is 0 Å². The molecular formula is C14H7N2O8. The number of benzene rings is 1. The van der Waals surface area contributed by atoms with Gasteiger partial charge in [-0.2, -0.15) is 0 Å². The number of amides is 4. The highest BCUT2D eigenvalue weighted by atomic mass is 16.7. The Morgan fingerprint density at radius 3 is 2.29 bits per heavy atom. The van der Waals surface area contributed by atoms with Gasteiger partial charge in [0.05, 0.1) is 16.7 Å². The van der Waals surface area contributed by atoms with Crippen molar-refractivity contribution in [3.8, 4) is 0 Å². The van der Waals surface area contributed by atoms with Gasteiger partial charge in [0.1, 0.15) is 0 Å². The van der Waals surface area contributed by atoms with Gasteiger partial charge >= 0.3 is 12.4 Å². The van der Waals surface area contributed by atoms with E-state index < -0.39 is 29.6 Å². The predicted octanol–water partition coefficient (Wildman–Crippen LogP) is -0.498. The van der Waals surface area contributed by atoms with E-state index in [1.165, 1.54) is 18.2 Å². The predicted molar refractivity (Wildman–Crippen MR) is 70.2 cm³/mol. The molecule has 2 aliphatic rings. The highest BCUT2D eigenvalue weighted by Gasteiger charge is 2.42. The number of fused-ring (bicyclic) bond motifs is 1. The molecule has 0 aliphatic carbocycles. The molecule has 0 aromatic heterocycles. The van der Waals surface area contributed by atoms with Gasteiger partial charge in [0, 0.05) is 12.8 Å². The first-order valence-electron chi connectivity index (χ1n) is 6.59. The van der Waals surface area contributed by atoms with Crippen LogP contribution in [0.2, 0.25) is 0 Å². The molecule has 1 radical (unpaired) electrons. The smallest absolute Gasteiger partial charge is 0.325 e. The molecular weight excluding hydrogens is 324 g/mol. The molecule has 4 amide bonds. The monoisotopic (exact) mass is 331 g/mol. The summed E-state index contributed by atoms with van der Waals surface area (Å²) in [5.41, 5.74) is -0.902. The molecule has 0 saturated carbocycles. The van der Waals surface area contributed by atoms with E-state index in [0.29, 0.717) is 5.06 Å². The Labute approximate surface area is 133 Å². The third kappa shape index (κ3) is 2.20. The maximum Gasteiger partial charge on any atom is 0.444 e. The molecule has 1 aromatic rings. The average molecular weight is 331 g/mol. The molecule has 3 rings (SSSR count). The van der Waals surface area contributed by atoms with E-state index >= 15 is 0 Å². The minimum atomic E-state index is -1.17. The number of rotatable bonds is 4. The molecule has 1 aromatic carbocycles. The molecule has 1 saturated heterocycles. The van der Waals surface area contributed by atoms with Gasteiger partial charge in [0.15, 0.2) is 0 Å². The summed E-state index contributed by atoms with van der Waals surface area (Å²) in [6.45, 7) is 0.945. The van der Waals surface area contributed by atoms with Gasteiger partial charge in [-0.05, 0) is 12.1 Å². The van der Waals surface area contributed by atoms with E-state index in [-0.39, 0.29) is 34.6 Å². The van der Waals surface area contributed by atoms with E-state index in [2.05, 4.69) is 4.84 Å². The van der Waals surface area contributed by atoms with Crippen molar-refractivity contribution in [3.05, 3.63) is 34.9 Å². The fraction of sp³-hybridized carbons (Fsp3) is 0.143. The van der Waals surface area contributed by atoms with Gasteiger partial charge in [-0.15, -0.1) is 5.06 Å². The molecule has 0 N–H and O–H groups in total. The Hall–Kier alpha value is -3.56. The molecule has 24 heavy (non-hydrogen) atoms. The fourth-order valence-electron chi connectivity index (χ4n) is 2.34. The van der Waals surface area contributed by atoms with Crippen LogP contribution in [0.25, 0.3) is 0 Å². The van der Waals surface area contributed by atoms with Crippen LogP contribution in [0.3, 0.4) is 0 Å². The molecule has 121 valence electrons. The van der Waals surface area contributed by atoms with Crippen LogP contribution in [0.15, 0.2) is 18.2 Å². The van der Waals surface area contributed by atoms with Gasteiger partial charge in [0.25, 0.3) is 23.6 Å². The lowest BCUT2D eigenvalue weighted by molar-refractivity contribution is -0.172. The molecule has 2 aliphatic heterocycles. The zero-order valence-electron chi connectivity index (χ0n) is 11.8. The van der Waals surface area contributed by atoms with Crippen LogP contribution in [0, 0.1) is 0 Å². The summed E-state index contributed by atoms with van der Waals surface area (Å²) in [5.74, 6) is -4.58. The van der Waals surface area contributed by atoms with Crippen LogP contribution in [0.4, 0.5) is 0 Å². The van der Waals surface area contributed by atoms with Crippen LogP contribution >= 0.6 is 0 Å². The summed E-state index contributed by atoms with van der Waals surface area (Å²) in [7, 11) is 0. The Kier molecular flexibility index (Phi) is 3.56. The van der Waals surface area contributed by atoms with E-state index in [0.717, 1.165) is 6.47 Å². The summed E-state index contributed by atoms with van der Waals surface area (Å²) in [6.07, 6.45) is -0.180. The van der Waals surface area contributed by atoms with Gasteiger partial charge in [0.2, 0.25) is 0 Å². The number of nitrogens with zero attached hydrogens (tertiary/aromatic N) is 2. The van der Waals surface area contributed by atoms with E-state index in [9.17, 15) is 28.8 Å². The molecule has 0 atom stereocenters. The molecule has 0 bridgehead atoms. The lowest BCUT2D eigenvalue weighted by Gasteiger charge is -2.13. The standard InChI is InChI=1S/C14H7N2O8/c17-6-23-16-12(20)7-2-1-3-8(11(7)13(16)21)14(22)24-15-9(18)4-5-10(15)19/h1-3H,4-5H2. The topological polar surface area (TPSA) is 127 Å². The fourth-order valence-corrected chi connectivity index (χ4v) is 2.34. The highest BCUT2D eigenvalue weighted by Crippen LogP contribution is 2.27. The number of hydroxylamine groups is 4. The summed E-state index contributed by atoms with van der Waals surface area (Å²) >= 11 is 0. The summed E-state index contributed by atoms with van der Waals surface area (Å²) in [6, 6.07) is 3.71. The van der Waals surface area contributed by atoms with E-state index in [4.69, 9.17) is 4.84 Å². The first-order valence-corrected chi connectivity index (χ1v) is 6.59. The van der Waals surface area contributed by atoms with Crippen molar-refractivity contribution in [2.45, 2.75) is 12.8 Å². The van der Waals surface area contributed by atoms with Gasteiger partial charge in [-0.25, -0.2) is 9.59 Å². The summed E-state index contributed by atoms with van der Waals surface area (Å²) < 4.78 is 0. The minimum absolute atomic E-state index is 0.0901. The first kappa shape index (κ1) is 15.3. The number of carbonyl (C=O) groups is 5. The second-order valence-electron chi connectivity index (χ2n) is 4.77. The van der Waals surface area contributed by atoms with Crippen LogP contribution in [-0.2, 0) is 24.1 Å². The second-order valence-corrected chi connectivity index (χ2v) is 4.77. The SMILES string of the molecule is O=[C]ON1C(=O)c2cccc(C(=O)ON3C(=O)CCC3=O)c2C1=O. The lowest BCUT2D eigenvalue weighted by Crippen LogP contribution is -2.33. The number of hydrogen-bond donors (Lipinski definition) is 0. The maximum absolute atomic E-state index is 12.2. The Morgan fingerprint density at radius 1 is 1.00 bits per heavy atom. The Bertz CT molecular complexity index is 799. The van der Waals surface area contributed by atoms with Crippen molar-refractivity contribution < 1.29 is 38.4 Å². The maximum atomic E-state index is 12.2. The van der Waals surface area contributed by atoms with Crippen LogP contribution < -0.4 is 0 Å². The number of hydrogen-bond acceptors (Lipinski definition) is 8. The van der Waals surface area contributed by atoms with Crippen molar-refractivity contribution >= 4 is 36.1 Å². The molecule has 1 fully saturated rings. The van der Waals surface area contributed by atoms with Crippen molar-refractivity contribution in [2.75, 3.05) is 0 Å². The quantitative estimate of drug-likeness (QED) is 0.676. The lowest BCUT2D eigenvalue weighted by atomic mass is 10.0. The largest absolute Gasteiger partial charge is 0.444 e. The molecule has 2 heterocycles. The third-order valence-electron chi connectivity index (χ3n) is 3.41. The van der Waals surface area contributed by atoms with E-state index in [1.807, 2.05) is 0 Å². The third-order valence-corrected chi connectivity index (χ3v) is 3.41. The first-order chi connectivity index (χ1) is 11.5. The zero-order chi connectivity index (χ0) is 17.4. The van der Waals surface area contributed by atoms with Crippen LogP contribution in [-0.4, -0.2) is 46.2 Å². The summed E-state index contributed by atoms with van der Waals surface area (Å²) in [5, 5.41) is 0.455. The van der Waals surface area contributed by atoms with E-state index in [1.54, 1.807) is 0 Å². The normalized spacial score (nSPS) is 16.5. The highest BCUT2D eigenvalue weighted by molar-refractivity contribution is 6.24. The van der Waals surface area contributed by atoms with Crippen molar-refractivity contribution in [1.82, 2.24) is 10.1 Å². The summed E-state index contributed by atoms with van der Waals surface area (Å²) in [4.78, 5) is 78.4. The van der Waals surface area contributed by atoms with Gasteiger partial charge < -0.3 is 9.68 Å². The molecule has 10 nitrogen and oxygen atoms in total. The molecule has 0 unspecified atom stereocenters. The van der Waals surface area contributed by atoms with Gasteiger partial charge in [-0.1, -0.05) is 11.1 Å². The Morgan fingerprint density at radius 2 is 1.67 bits per heavy atom. The van der Waals surface area contributed by atoms with Crippen molar-refractivity contribution in [2.24, 2.45) is 0 Å². The zero-order valence-corrected chi connectivity index (χ0v) is 11.8. The Balaban J connectivity index is 1.94. The van der Waals surface area contributed by atoms with Crippen molar-refractivity contribution in [3.63, 3.8) is 0 Å². The molecule has 10 heteroatoms. The molecule has 0 spiro atoms. The van der Waals surface area contributed by atoms with Crippen molar-refractivity contribution in [1.29, 1.82) is 0 Å².